The molecule has 3 aliphatic carbocycles. The molecule has 0 radical (unpaired) electrons. The minimum Gasteiger partial charge on any atom is -0.310 e. The number of fused-ring (bicyclic) bond motifs is 2. The Hall–Kier alpha value is -1.59. The predicted molar refractivity (Wildman–Crippen MR) is 92.2 cm³/mol. The highest BCUT2D eigenvalue weighted by Gasteiger charge is 2.74. The van der Waals surface area contributed by atoms with Crippen LogP contribution in [-0.2, 0) is 4.79 Å². The summed E-state index contributed by atoms with van der Waals surface area (Å²) in [5.41, 5.74) is 1.21. The van der Waals surface area contributed by atoms with Gasteiger partial charge in [0.25, 0.3) is 0 Å². The topological polar surface area (TPSA) is 54.0 Å². The van der Waals surface area contributed by atoms with Gasteiger partial charge in [0, 0.05) is 15.8 Å². The van der Waals surface area contributed by atoms with Crippen molar-refractivity contribution < 1.29 is 4.79 Å². The number of nitrogens with one attached hydrogen (secondary N) is 2. The largest absolute Gasteiger partial charge is 0.310 e. The molecule has 0 spiro atoms. The lowest BCUT2D eigenvalue weighted by Gasteiger charge is -2.11. The number of anilines is 1. The molecule has 0 unspecified atom stereocenters. The Kier molecular flexibility index (Phi) is 2.69. The number of hydrogen-bond acceptors (Lipinski definition) is 4. The van der Waals surface area contributed by atoms with Crippen molar-refractivity contribution in [2.75, 3.05) is 5.32 Å². The summed E-state index contributed by atoms with van der Waals surface area (Å²) in [4.78, 5) is 18.0. The molecular weight excluding hydrogens is 306 g/mol. The first-order chi connectivity index (χ1) is 11.1. The Balaban J connectivity index is 1.35. The van der Waals surface area contributed by atoms with Crippen LogP contribution in [0, 0.1) is 11.3 Å². The highest BCUT2D eigenvalue weighted by atomic mass is 32.2. The molecule has 0 bridgehead atoms. The Labute approximate surface area is 139 Å². The van der Waals surface area contributed by atoms with Gasteiger partial charge in [0.15, 0.2) is 0 Å². The van der Waals surface area contributed by atoms with Crippen LogP contribution in [0.5, 0.6) is 0 Å². The average Bonchev–Trinajstić information content (AvgIpc) is 3.40. The first-order valence-electron chi connectivity index (χ1n) is 8.23. The van der Waals surface area contributed by atoms with Crippen LogP contribution in [0.1, 0.15) is 32.6 Å². The van der Waals surface area contributed by atoms with Crippen LogP contribution in [0.15, 0.2) is 35.2 Å². The standard InChI is InChI=1S/C18H19N3OS/c1-17(6-7-17)21-23-13-4-2-11-3-5-15(19-14(11)8-13)20-16(22)18-9-12(18)10-18/h2-5,8,12,21H,6-7,9-10H2,1H3,(H,19,20,22). The zero-order valence-corrected chi connectivity index (χ0v) is 13.9. The van der Waals surface area contributed by atoms with Gasteiger partial charge in [-0.15, -0.1) is 0 Å². The van der Waals surface area contributed by atoms with Crippen molar-refractivity contribution >= 4 is 34.6 Å². The molecule has 0 aliphatic heterocycles. The number of pyridine rings is 1. The van der Waals surface area contributed by atoms with E-state index in [-0.39, 0.29) is 11.3 Å². The fourth-order valence-electron chi connectivity index (χ4n) is 3.02. The molecule has 0 saturated heterocycles. The minimum absolute atomic E-state index is 0.0159. The van der Waals surface area contributed by atoms with Crippen molar-refractivity contribution in [2.24, 2.45) is 11.3 Å². The zero-order valence-electron chi connectivity index (χ0n) is 13.1. The Morgan fingerprint density at radius 2 is 2.00 bits per heavy atom. The summed E-state index contributed by atoms with van der Waals surface area (Å²) in [6.07, 6.45) is 4.62. The quantitative estimate of drug-likeness (QED) is 0.823. The van der Waals surface area contributed by atoms with Gasteiger partial charge in [0.05, 0.1) is 10.9 Å². The molecule has 3 fully saturated rings. The molecular formula is C18H19N3OS. The first-order valence-corrected chi connectivity index (χ1v) is 9.04. The van der Waals surface area contributed by atoms with Gasteiger partial charge >= 0.3 is 0 Å². The van der Waals surface area contributed by atoms with Crippen LogP contribution < -0.4 is 10.0 Å². The monoisotopic (exact) mass is 325 g/mol. The van der Waals surface area contributed by atoms with E-state index in [9.17, 15) is 4.79 Å². The maximum Gasteiger partial charge on any atom is 0.232 e. The van der Waals surface area contributed by atoms with E-state index in [0.29, 0.717) is 17.3 Å². The van der Waals surface area contributed by atoms with E-state index in [1.165, 1.54) is 12.8 Å². The van der Waals surface area contributed by atoms with Gasteiger partial charge in [0.1, 0.15) is 5.82 Å². The number of aromatic nitrogens is 1. The molecule has 3 saturated carbocycles. The molecule has 5 heteroatoms. The summed E-state index contributed by atoms with van der Waals surface area (Å²) in [6, 6.07) is 10.2. The summed E-state index contributed by atoms with van der Waals surface area (Å²) >= 11 is 1.67. The number of benzene rings is 1. The Morgan fingerprint density at radius 1 is 1.26 bits per heavy atom. The molecule has 3 aliphatic rings. The summed E-state index contributed by atoms with van der Waals surface area (Å²) < 4.78 is 3.51. The number of rotatable bonds is 5. The normalized spacial score (nSPS) is 29.0. The highest BCUT2D eigenvalue weighted by Crippen LogP contribution is 2.75. The van der Waals surface area contributed by atoms with Crippen LogP contribution in [0.3, 0.4) is 0 Å². The fourth-order valence-corrected chi connectivity index (χ4v) is 3.89. The van der Waals surface area contributed by atoms with E-state index < -0.39 is 0 Å². The number of nitrogens with zero attached hydrogens (tertiary/aromatic N) is 1. The molecule has 0 atom stereocenters. The summed E-state index contributed by atoms with van der Waals surface area (Å²) in [7, 11) is 0. The van der Waals surface area contributed by atoms with Gasteiger partial charge in [-0.25, -0.2) is 4.98 Å². The summed E-state index contributed by atoms with van der Waals surface area (Å²) in [5, 5.41) is 4.09. The Bertz CT molecular complexity index is 824. The van der Waals surface area contributed by atoms with E-state index in [1.807, 2.05) is 12.1 Å². The van der Waals surface area contributed by atoms with Gasteiger partial charge in [-0.2, -0.15) is 0 Å². The third kappa shape index (κ3) is 2.42. The lowest BCUT2D eigenvalue weighted by Crippen LogP contribution is -2.19. The average molecular weight is 325 g/mol. The van der Waals surface area contributed by atoms with E-state index in [1.54, 1.807) is 11.9 Å². The van der Waals surface area contributed by atoms with Crippen molar-refractivity contribution in [1.82, 2.24) is 9.71 Å². The first kappa shape index (κ1) is 13.8. The van der Waals surface area contributed by atoms with Crippen LogP contribution in [0.25, 0.3) is 10.9 Å². The zero-order chi connectivity index (χ0) is 15.7. The lowest BCUT2D eigenvalue weighted by molar-refractivity contribution is -0.119. The highest BCUT2D eigenvalue weighted by molar-refractivity contribution is 7.97. The molecule has 1 aromatic carbocycles. The lowest BCUT2D eigenvalue weighted by atomic mass is 10.2. The van der Waals surface area contributed by atoms with Crippen molar-refractivity contribution in [3.63, 3.8) is 0 Å². The van der Waals surface area contributed by atoms with Gasteiger partial charge in [-0.3, -0.25) is 9.52 Å². The molecule has 1 heterocycles. The Morgan fingerprint density at radius 3 is 2.70 bits per heavy atom. The molecule has 2 N–H and O–H groups in total. The third-order valence-corrected chi connectivity index (χ3v) is 6.54. The number of hydrogen-bond donors (Lipinski definition) is 2. The maximum absolute atomic E-state index is 12.2. The fraction of sp³-hybridized carbons (Fsp3) is 0.444. The van der Waals surface area contributed by atoms with Gasteiger partial charge in [0.2, 0.25) is 5.91 Å². The van der Waals surface area contributed by atoms with Crippen LogP contribution in [0.4, 0.5) is 5.82 Å². The number of carbonyl (C=O) groups is 1. The van der Waals surface area contributed by atoms with Gasteiger partial charge in [-0.1, -0.05) is 6.07 Å². The van der Waals surface area contributed by atoms with Crippen LogP contribution in [0.2, 0.25) is 0 Å². The smallest absolute Gasteiger partial charge is 0.232 e. The molecule has 2 aromatic rings. The van der Waals surface area contributed by atoms with E-state index in [0.717, 1.165) is 28.6 Å². The van der Waals surface area contributed by atoms with E-state index >= 15 is 0 Å². The van der Waals surface area contributed by atoms with Crippen molar-refractivity contribution in [2.45, 2.75) is 43.0 Å². The maximum atomic E-state index is 12.2. The second-order valence-electron chi connectivity index (χ2n) is 7.53. The number of carbonyl (C=O) groups excluding carboxylic acids is 1. The minimum atomic E-state index is -0.0159. The van der Waals surface area contributed by atoms with E-state index in [2.05, 4.69) is 40.1 Å². The second kappa shape index (κ2) is 4.48. The van der Waals surface area contributed by atoms with E-state index in [4.69, 9.17) is 0 Å². The van der Waals surface area contributed by atoms with Crippen LogP contribution >= 0.6 is 11.9 Å². The van der Waals surface area contributed by atoms with Crippen LogP contribution in [-0.4, -0.2) is 16.4 Å². The molecule has 118 valence electrons. The number of amides is 1. The molecule has 4 nitrogen and oxygen atoms in total. The van der Waals surface area contributed by atoms with Crippen molar-refractivity contribution in [3.05, 3.63) is 30.3 Å². The van der Waals surface area contributed by atoms with Gasteiger partial charge in [-0.05, 0) is 74.7 Å². The van der Waals surface area contributed by atoms with Gasteiger partial charge < -0.3 is 5.32 Å². The summed E-state index contributed by atoms with van der Waals surface area (Å²) in [6.45, 7) is 2.25. The second-order valence-corrected chi connectivity index (χ2v) is 8.41. The molecule has 1 aromatic heterocycles. The molecule has 23 heavy (non-hydrogen) atoms. The predicted octanol–water partition coefficient (Wildman–Crippen LogP) is 3.73. The SMILES string of the molecule is CC1(NSc2ccc3ccc(NC(=O)C45CC4C5)nc3c2)CC1. The summed E-state index contributed by atoms with van der Waals surface area (Å²) in [5.74, 6) is 1.47. The third-order valence-electron chi connectivity index (χ3n) is 5.46. The van der Waals surface area contributed by atoms with Crippen molar-refractivity contribution in [3.8, 4) is 0 Å². The molecule has 1 amide bonds. The van der Waals surface area contributed by atoms with Crippen molar-refractivity contribution in [1.29, 1.82) is 0 Å². The molecule has 5 rings (SSSR count).